The van der Waals surface area contributed by atoms with E-state index in [-0.39, 0.29) is 0 Å². The standard InChI is InChI=1S/C12H18N4/c1-9-12(10-5-4-7-14-10)15-11(16(9)3)6-8-13-2/h4-5,7,13-14H,6,8H2,1-3H3. The Morgan fingerprint density at radius 2 is 2.31 bits per heavy atom. The molecule has 2 N–H and O–H groups in total. The number of hydrogen-bond acceptors (Lipinski definition) is 2. The van der Waals surface area contributed by atoms with Gasteiger partial charge in [-0.15, -0.1) is 0 Å². The highest BCUT2D eigenvalue weighted by atomic mass is 15.1. The summed E-state index contributed by atoms with van der Waals surface area (Å²) in [6, 6.07) is 4.05. The van der Waals surface area contributed by atoms with E-state index in [1.807, 2.05) is 19.3 Å². The molecule has 0 radical (unpaired) electrons. The van der Waals surface area contributed by atoms with Crippen LogP contribution in [0.5, 0.6) is 0 Å². The molecule has 0 unspecified atom stereocenters. The van der Waals surface area contributed by atoms with E-state index in [0.29, 0.717) is 0 Å². The van der Waals surface area contributed by atoms with Gasteiger partial charge in [0.1, 0.15) is 11.5 Å². The van der Waals surface area contributed by atoms with E-state index in [2.05, 4.69) is 39.9 Å². The molecule has 4 nitrogen and oxygen atoms in total. The van der Waals surface area contributed by atoms with Gasteiger partial charge in [0, 0.05) is 31.9 Å². The lowest BCUT2D eigenvalue weighted by molar-refractivity contribution is 0.710. The summed E-state index contributed by atoms with van der Waals surface area (Å²) in [5.74, 6) is 1.12. The second-order valence-corrected chi connectivity index (χ2v) is 3.96. The second-order valence-electron chi connectivity index (χ2n) is 3.96. The SMILES string of the molecule is CNCCc1nc(-c2ccc[nH]2)c(C)n1C. The lowest BCUT2D eigenvalue weighted by Gasteiger charge is -2.01. The van der Waals surface area contributed by atoms with Crippen molar-refractivity contribution in [3.05, 3.63) is 29.8 Å². The maximum Gasteiger partial charge on any atom is 0.110 e. The highest BCUT2D eigenvalue weighted by molar-refractivity contribution is 5.57. The molecule has 2 aromatic heterocycles. The number of rotatable bonds is 4. The third-order valence-electron chi connectivity index (χ3n) is 2.93. The number of nitrogens with zero attached hydrogens (tertiary/aromatic N) is 2. The number of imidazole rings is 1. The number of aromatic nitrogens is 3. The summed E-state index contributed by atoms with van der Waals surface area (Å²) in [7, 11) is 4.03. The molecule has 16 heavy (non-hydrogen) atoms. The van der Waals surface area contributed by atoms with Gasteiger partial charge in [0.05, 0.1) is 5.69 Å². The van der Waals surface area contributed by atoms with E-state index in [0.717, 1.165) is 30.2 Å². The van der Waals surface area contributed by atoms with Gasteiger partial charge in [-0.25, -0.2) is 4.98 Å². The van der Waals surface area contributed by atoms with Gasteiger partial charge in [0.25, 0.3) is 0 Å². The minimum absolute atomic E-state index is 0.953. The third kappa shape index (κ3) is 1.88. The zero-order valence-electron chi connectivity index (χ0n) is 10.0. The largest absolute Gasteiger partial charge is 0.360 e. The zero-order chi connectivity index (χ0) is 11.5. The van der Waals surface area contributed by atoms with Crippen LogP contribution in [0.2, 0.25) is 0 Å². The van der Waals surface area contributed by atoms with Gasteiger partial charge in [-0.3, -0.25) is 0 Å². The topological polar surface area (TPSA) is 45.6 Å². The predicted octanol–water partition coefficient (Wildman–Crippen LogP) is 1.49. The lowest BCUT2D eigenvalue weighted by atomic mass is 10.2. The monoisotopic (exact) mass is 218 g/mol. The van der Waals surface area contributed by atoms with Crippen LogP contribution >= 0.6 is 0 Å². The van der Waals surface area contributed by atoms with Crippen molar-refractivity contribution in [3.8, 4) is 11.4 Å². The number of H-pyrrole nitrogens is 1. The smallest absolute Gasteiger partial charge is 0.110 e. The highest BCUT2D eigenvalue weighted by Crippen LogP contribution is 2.21. The molecule has 0 spiro atoms. The van der Waals surface area contributed by atoms with Crippen molar-refractivity contribution in [2.45, 2.75) is 13.3 Å². The molecule has 86 valence electrons. The molecule has 0 aromatic carbocycles. The Morgan fingerprint density at radius 1 is 1.50 bits per heavy atom. The zero-order valence-corrected chi connectivity index (χ0v) is 10.0. The molecule has 2 aromatic rings. The van der Waals surface area contributed by atoms with Gasteiger partial charge in [-0.05, 0) is 26.1 Å². The Morgan fingerprint density at radius 3 is 2.94 bits per heavy atom. The summed E-state index contributed by atoms with van der Waals surface area (Å²) >= 11 is 0. The van der Waals surface area contributed by atoms with Crippen molar-refractivity contribution < 1.29 is 0 Å². The molecule has 0 fully saturated rings. The van der Waals surface area contributed by atoms with Gasteiger partial charge in [-0.1, -0.05) is 0 Å². The van der Waals surface area contributed by atoms with Crippen molar-refractivity contribution in [3.63, 3.8) is 0 Å². The van der Waals surface area contributed by atoms with Gasteiger partial charge < -0.3 is 14.9 Å². The number of aromatic amines is 1. The first-order valence-corrected chi connectivity index (χ1v) is 5.54. The van der Waals surface area contributed by atoms with E-state index < -0.39 is 0 Å². The average molecular weight is 218 g/mol. The molecule has 0 amide bonds. The molecule has 0 bridgehead atoms. The second kappa shape index (κ2) is 4.53. The summed E-state index contributed by atoms with van der Waals surface area (Å²) in [5.41, 5.74) is 3.34. The normalized spacial score (nSPS) is 10.9. The highest BCUT2D eigenvalue weighted by Gasteiger charge is 2.12. The number of hydrogen-bond donors (Lipinski definition) is 2. The first-order chi connectivity index (χ1) is 7.74. The molecule has 0 aliphatic rings. The Balaban J connectivity index is 2.34. The Kier molecular flexibility index (Phi) is 3.10. The van der Waals surface area contributed by atoms with Crippen molar-refractivity contribution in [1.29, 1.82) is 0 Å². The maximum atomic E-state index is 4.68. The Labute approximate surface area is 95.7 Å². The summed E-state index contributed by atoms with van der Waals surface area (Å²) < 4.78 is 2.16. The first kappa shape index (κ1) is 11.0. The summed E-state index contributed by atoms with van der Waals surface area (Å²) in [6.45, 7) is 3.06. The van der Waals surface area contributed by atoms with E-state index >= 15 is 0 Å². The fraction of sp³-hybridized carbons (Fsp3) is 0.417. The molecule has 4 heteroatoms. The molecule has 0 saturated carbocycles. The van der Waals surface area contributed by atoms with Crippen molar-refractivity contribution in [1.82, 2.24) is 19.9 Å². The Bertz CT molecular complexity index is 454. The van der Waals surface area contributed by atoms with Crippen LogP contribution in [0, 0.1) is 6.92 Å². The molecule has 0 saturated heterocycles. The van der Waals surface area contributed by atoms with Crippen LogP contribution in [0.3, 0.4) is 0 Å². The minimum atomic E-state index is 0.953. The summed E-state index contributed by atoms with van der Waals surface area (Å²) in [4.78, 5) is 7.88. The molecular formula is C12H18N4. The number of likely N-dealkylation sites (N-methyl/N-ethyl adjacent to an activating group) is 1. The fourth-order valence-corrected chi connectivity index (χ4v) is 1.83. The molecule has 0 aliphatic carbocycles. The molecule has 0 atom stereocenters. The van der Waals surface area contributed by atoms with Crippen LogP contribution in [0.25, 0.3) is 11.4 Å². The van der Waals surface area contributed by atoms with Gasteiger partial charge in [-0.2, -0.15) is 0 Å². The van der Waals surface area contributed by atoms with E-state index in [1.54, 1.807) is 0 Å². The first-order valence-electron chi connectivity index (χ1n) is 5.54. The van der Waals surface area contributed by atoms with Crippen molar-refractivity contribution >= 4 is 0 Å². The maximum absolute atomic E-state index is 4.68. The quantitative estimate of drug-likeness (QED) is 0.816. The van der Waals surface area contributed by atoms with Crippen LogP contribution < -0.4 is 5.32 Å². The van der Waals surface area contributed by atoms with Crippen LogP contribution in [0.1, 0.15) is 11.5 Å². The predicted molar refractivity (Wildman–Crippen MR) is 65.4 cm³/mol. The van der Waals surface area contributed by atoms with Gasteiger partial charge in [0.15, 0.2) is 0 Å². The van der Waals surface area contributed by atoms with Crippen LogP contribution in [0.4, 0.5) is 0 Å². The molecular weight excluding hydrogens is 200 g/mol. The van der Waals surface area contributed by atoms with Crippen LogP contribution in [0.15, 0.2) is 18.3 Å². The minimum Gasteiger partial charge on any atom is -0.360 e. The average Bonchev–Trinajstić information content (AvgIpc) is 2.88. The van der Waals surface area contributed by atoms with E-state index in [9.17, 15) is 0 Å². The van der Waals surface area contributed by atoms with Gasteiger partial charge >= 0.3 is 0 Å². The molecule has 2 rings (SSSR count). The Hall–Kier alpha value is -1.55. The van der Waals surface area contributed by atoms with Crippen LogP contribution in [-0.2, 0) is 13.5 Å². The molecule has 0 aliphatic heterocycles. The third-order valence-corrected chi connectivity index (χ3v) is 2.93. The summed E-state index contributed by atoms with van der Waals surface area (Å²) in [6.07, 6.45) is 2.88. The van der Waals surface area contributed by atoms with Crippen LogP contribution in [-0.4, -0.2) is 28.1 Å². The number of nitrogens with one attached hydrogen (secondary N) is 2. The van der Waals surface area contributed by atoms with E-state index in [4.69, 9.17) is 0 Å². The molecule has 2 heterocycles. The van der Waals surface area contributed by atoms with E-state index in [1.165, 1.54) is 5.69 Å². The summed E-state index contributed by atoms with van der Waals surface area (Å²) in [5, 5.41) is 3.15. The fourth-order valence-electron chi connectivity index (χ4n) is 1.83. The van der Waals surface area contributed by atoms with Crippen molar-refractivity contribution in [2.75, 3.05) is 13.6 Å². The van der Waals surface area contributed by atoms with Crippen molar-refractivity contribution in [2.24, 2.45) is 7.05 Å². The lowest BCUT2D eigenvalue weighted by Crippen LogP contribution is -2.13. The van der Waals surface area contributed by atoms with Gasteiger partial charge in [0.2, 0.25) is 0 Å².